The van der Waals surface area contributed by atoms with Crippen LogP contribution in [0.1, 0.15) is 51.9 Å². The Bertz CT molecular complexity index is 540. The van der Waals surface area contributed by atoms with E-state index in [0.29, 0.717) is 6.42 Å². The Kier molecular flexibility index (Phi) is 2.03. The molecule has 1 spiro atoms. The van der Waals surface area contributed by atoms with Gasteiger partial charge in [0.25, 0.3) is 0 Å². The lowest BCUT2D eigenvalue weighted by Crippen LogP contribution is -2.70. The Balaban J connectivity index is 1.83. The molecule has 5 rings (SSSR count). The summed E-state index contributed by atoms with van der Waals surface area (Å²) in [6, 6.07) is 0. The van der Waals surface area contributed by atoms with Crippen LogP contribution in [0.3, 0.4) is 0 Å². The molecule has 4 saturated heterocycles. The van der Waals surface area contributed by atoms with Gasteiger partial charge >= 0.3 is 0 Å². The van der Waals surface area contributed by atoms with Crippen molar-refractivity contribution in [3.05, 3.63) is 0 Å². The molecule has 5 nitrogen and oxygen atoms in total. The van der Waals surface area contributed by atoms with Crippen molar-refractivity contribution in [2.75, 3.05) is 0 Å². The molecular weight excluding hydrogens is 261 g/mol. The molecular formula is C15H24O5. The number of rotatable bonds is 0. The number of fused-ring (bicyclic) bond motifs is 2. The summed E-state index contributed by atoms with van der Waals surface area (Å²) < 4.78 is 42.9. The smallest absolute Gasteiger partial charge is 0.201 e. The second-order valence-electron chi connectivity index (χ2n) is 6.77. The summed E-state index contributed by atoms with van der Waals surface area (Å²) in [6.07, 6.45) is -0.862. The largest absolute Gasteiger partial charge is 0.368 e. The SMILES string of the molecule is [2H][C@]1(O)O[C@@H]2O[C@@]3([13C]([2H])([2H])[2H])CC[C@H]4[C@H](C)CC[C@@H]([C@H]1C)[C@@]24OO3. The first kappa shape index (κ1) is 9.74. The van der Waals surface area contributed by atoms with Crippen molar-refractivity contribution in [2.45, 2.75) is 70.3 Å². The number of hydrogen-bond acceptors (Lipinski definition) is 5. The molecule has 1 saturated carbocycles. The van der Waals surface area contributed by atoms with Crippen molar-refractivity contribution in [3.8, 4) is 0 Å². The summed E-state index contributed by atoms with van der Waals surface area (Å²) in [4.78, 5) is 11.2. The Labute approximate surface area is 125 Å². The molecule has 0 amide bonds. The molecule has 5 fully saturated rings. The first-order chi connectivity index (χ1) is 11.0. The highest BCUT2D eigenvalue weighted by molar-refractivity contribution is 5.08. The van der Waals surface area contributed by atoms with Crippen LogP contribution >= 0.6 is 0 Å². The number of ether oxygens (including phenoxy) is 2. The predicted octanol–water partition coefficient (Wildman–Crippen LogP) is 2.19. The van der Waals surface area contributed by atoms with Crippen molar-refractivity contribution >= 4 is 0 Å². The molecule has 0 aromatic rings. The molecule has 2 bridgehead atoms. The fraction of sp³-hybridized carbons (Fsp3) is 1.00. The van der Waals surface area contributed by atoms with Crippen LogP contribution < -0.4 is 0 Å². The van der Waals surface area contributed by atoms with Gasteiger partial charge in [0.05, 0.1) is 1.37 Å². The zero-order valence-electron chi connectivity index (χ0n) is 15.8. The highest BCUT2D eigenvalue weighted by Gasteiger charge is 2.69. The molecule has 0 aromatic carbocycles. The summed E-state index contributed by atoms with van der Waals surface area (Å²) >= 11 is 0. The van der Waals surface area contributed by atoms with E-state index < -0.39 is 36.7 Å². The van der Waals surface area contributed by atoms with Crippen molar-refractivity contribution < 1.29 is 29.8 Å². The Morgan fingerprint density at radius 2 is 2.05 bits per heavy atom. The minimum Gasteiger partial charge on any atom is -0.368 e. The highest BCUT2D eigenvalue weighted by atomic mass is 17.3. The molecule has 5 aliphatic rings. The summed E-state index contributed by atoms with van der Waals surface area (Å²) in [5.74, 6) is -2.34. The molecule has 4 aliphatic heterocycles. The monoisotopic (exact) mass is 289 g/mol. The van der Waals surface area contributed by atoms with Crippen LogP contribution in [-0.4, -0.2) is 29.1 Å². The lowest BCUT2D eigenvalue weighted by Gasteiger charge is -2.59. The average molecular weight is 289 g/mol. The van der Waals surface area contributed by atoms with Crippen molar-refractivity contribution in [3.63, 3.8) is 0 Å². The zero-order valence-corrected chi connectivity index (χ0v) is 11.8. The van der Waals surface area contributed by atoms with Gasteiger partial charge < -0.3 is 14.6 Å². The number of aliphatic hydroxyl groups is 1. The van der Waals surface area contributed by atoms with E-state index in [1.165, 1.54) is 0 Å². The second-order valence-corrected chi connectivity index (χ2v) is 6.77. The van der Waals surface area contributed by atoms with Crippen LogP contribution in [0, 0.1) is 23.7 Å². The van der Waals surface area contributed by atoms with Crippen LogP contribution in [0.25, 0.3) is 0 Å². The topological polar surface area (TPSA) is 57.2 Å². The lowest BCUT2D eigenvalue weighted by molar-refractivity contribution is -0.576. The maximum absolute atomic E-state index is 10.4. The van der Waals surface area contributed by atoms with Gasteiger partial charge in [0.1, 0.15) is 0 Å². The van der Waals surface area contributed by atoms with Crippen LogP contribution in [0.15, 0.2) is 0 Å². The third kappa shape index (κ3) is 1.56. The van der Waals surface area contributed by atoms with Gasteiger partial charge in [-0.3, -0.25) is 0 Å². The van der Waals surface area contributed by atoms with Crippen molar-refractivity contribution in [1.82, 2.24) is 0 Å². The van der Waals surface area contributed by atoms with Crippen LogP contribution in [-0.2, 0) is 19.2 Å². The summed E-state index contributed by atoms with van der Waals surface area (Å²) in [7, 11) is 0. The highest BCUT2D eigenvalue weighted by Crippen LogP contribution is 2.60. The van der Waals surface area contributed by atoms with E-state index in [4.69, 9.17) is 24.7 Å². The minimum atomic E-state index is -2.56. The first-order valence-corrected chi connectivity index (χ1v) is 7.48. The van der Waals surface area contributed by atoms with E-state index in [2.05, 4.69) is 6.92 Å². The molecule has 8 atom stereocenters. The molecule has 4 heterocycles. The quantitative estimate of drug-likeness (QED) is 0.547. The van der Waals surface area contributed by atoms with E-state index in [-0.39, 0.29) is 24.2 Å². The number of hydrogen-bond donors (Lipinski definition) is 1. The van der Waals surface area contributed by atoms with E-state index in [1.807, 2.05) is 0 Å². The van der Waals surface area contributed by atoms with E-state index in [9.17, 15) is 5.11 Å². The van der Waals surface area contributed by atoms with E-state index in [1.54, 1.807) is 6.92 Å². The molecule has 5 heteroatoms. The standard InChI is InChI=1S/C15H24O5/c1-8-4-5-11-9(2)12(16)17-13-15(11)10(8)6-7-14(3,18-13)19-20-15/h8-13,16H,4-7H2,1-3H3/t8-,9-,10+,11+,12+,13-,14-,15-/m1/s1/i3+1D3,12D. The van der Waals surface area contributed by atoms with Crippen LogP contribution in [0.5, 0.6) is 0 Å². The van der Waals surface area contributed by atoms with E-state index >= 15 is 0 Å². The van der Waals surface area contributed by atoms with Crippen molar-refractivity contribution in [1.29, 1.82) is 0 Å². The van der Waals surface area contributed by atoms with E-state index in [0.717, 1.165) is 12.8 Å². The predicted molar refractivity (Wildman–Crippen MR) is 69.0 cm³/mol. The van der Waals surface area contributed by atoms with Gasteiger partial charge in [-0.25, -0.2) is 9.78 Å². The Morgan fingerprint density at radius 1 is 1.20 bits per heavy atom. The molecule has 114 valence electrons. The molecule has 0 aromatic heterocycles. The summed E-state index contributed by atoms with van der Waals surface area (Å²) in [5, 5.41) is 10.4. The average Bonchev–Trinajstić information content (AvgIpc) is 2.73. The fourth-order valence-corrected chi connectivity index (χ4v) is 4.63. The Morgan fingerprint density at radius 3 is 2.85 bits per heavy atom. The zero-order chi connectivity index (χ0) is 17.5. The third-order valence-corrected chi connectivity index (χ3v) is 5.77. The third-order valence-electron chi connectivity index (χ3n) is 5.77. The van der Waals surface area contributed by atoms with Crippen molar-refractivity contribution in [2.24, 2.45) is 23.7 Å². The molecule has 20 heavy (non-hydrogen) atoms. The lowest BCUT2D eigenvalue weighted by atomic mass is 9.58. The normalized spacial score (nSPS) is 69.0. The van der Waals surface area contributed by atoms with Gasteiger partial charge in [-0.05, 0) is 38.0 Å². The fourth-order valence-electron chi connectivity index (χ4n) is 4.63. The molecule has 1 N–H and O–H groups in total. The molecule has 0 radical (unpaired) electrons. The summed E-state index contributed by atoms with van der Waals surface area (Å²) in [6.45, 7) is 1.31. The van der Waals surface area contributed by atoms with Gasteiger partial charge in [0, 0.05) is 22.4 Å². The van der Waals surface area contributed by atoms with Crippen LogP contribution in [0.2, 0.25) is 0 Å². The molecule has 1 aliphatic carbocycles. The maximum Gasteiger partial charge on any atom is 0.201 e. The maximum atomic E-state index is 10.4. The second kappa shape index (κ2) is 4.17. The van der Waals surface area contributed by atoms with Gasteiger partial charge in [0.2, 0.25) is 5.79 Å². The van der Waals surface area contributed by atoms with Gasteiger partial charge in [-0.1, -0.05) is 13.8 Å². The molecule has 0 unspecified atom stereocenters. The minimum absolute atomic E-state index is 0.00785. The van der Waals surface area contributed by atoms with Gasteiger partial charge in [-0.2, -0.15) is 0 Å². The van der Waals surface area contributed by atoms with Gasteiger partial charge in [-0.15, -0.1) is 0 Å². The Hall–Kier alpha value is -0.200. The first-order valence-electron chi connectivity index (χ1n) is 9.48. The van der Waals surface area contributed by atoms with Gasteiger partial charge in [0.15, 0.2) is 18.2 Å². The summed E-state index contributed by atoms with van der Waals surface area (Å²) in [5.41, 5.74) is -0.977. The van der Waals surface area contributed by atoms with Crippen LogP contribution in [0.4, 0.5) is 0 Å².